The van der Waals surface area contributed by atoms with Crippen molar-refractivity contribution >= 4 is 5.91 Å². The summed E-state index contributed by atoms with van der Waals surface area (Å²) >= 11 is 0. The van der Waals surface area contributed by atoms with E-state index in [1.54, 1.807) is 7.11 Å². The molecule has 0 saturated heterocycles. The average molecular weight is 242 g/mol. The van der Waals surface area contributed by atoms with E-state index in [1.807, 2.05) is 13.8 Å². The molecular formula is C13H26N2O2. The SMILES string of the molecule is COCC(C)(C)NC(=O)CC1CCC(N)CC1. The Kier molecular flexibility index (Phi) is 5.40. The minimum Gasteiger partial charge on any atom is -0.382 e. The summed E-state index contributed by atoms with van der Waals surface area (Å²) < 4.78 is 5.08. The zero-order valence-corrected chi connectivity index (χ0v) is 11.3. The van der Waals surface area contributed by atoms with Crippen molar-refractivity contribution in [1.82, 2.24) is 5.32 Å². The maximum Gasteiger partial charge on any atom is 0.220 e. The molecule has 0 atom stereocenters. The van der Waals surface area contributed by atoms with Gasteiger partial charge in [0, 0.05) is 19.6 Å². The zero-order valence-electron chi connectivity index (χ0n) is 11.3. The summed E-state index contributed by atoms with van der Waals surface area (Å²) in [6.07, 6.45) is 4.90. The summed E-state index contributed by atoms with van der Waals surface area (Å²) in [6.45, 7) is 4.49. The second-order valence-electron chi connectivity index (χ2n) is 5.85. The first-order valence-electron chi connectivity index (χ1n) is 6.48. The van der Waals surface area contributed by atoms with Gasteiger partial charge in [0.05, 0.1) is 12.1 Å². The van der Waals surface area contributed by atoms with Crippen molar-refractivity contribution in [3.63, 3.8) is 0 Å². The molecule has 0 bridgehead atoms. The summed E-state index contributed by atoms with van der Waals surface area (Å²) in [5, 5.41) is 3.02. The van der Waals surface area contributed by atoms with Gasteiger partial charge in [0.25, 0.3) is 0 Å². The predicted molar refractivity (Wildman–Crippen MR) is 68.6 cm³/mol. The molecule has 0 unspecified atom stereocenters. The van der Waals surface area contributed by atoms with Gasteiger partial charge in [0.15, 0.2) is 0 Å². The predicted octanol–water partition coefficient (Wildman–Crippen LogP) is 1.44. The minimum absolute atomic E-state index is 0.132. The number of amides is 1. The van der Waals surface area contributed by atoms with Crippen molar-refractivity contribution in [1.29, 1.82) is 0 Å². The fourth-order valence-electron chi connectivity index (χ4n) is 2.48. The molecule has 1 rings (SSSR count). The Morgan fingerprint density at radius 3 is 2.47 bits per heavy atom. The van der Waals surface area contributed by atoms with Crippen LogP contribution in [0.4, 0.5) is 0 Å². The quantitative estimate of drug-likeness (QED) is 0.766. The third kappa shape index (κ3) is 5.50. The number of nitrogens with one attached hydrogen (secondary N) is 1. The van der Waals surface area contributed by atoms with Crippen LogP contribution < -0.4 is 11.1 Å². The largest absolute Gasteiger partial charge is 0.382 e. The van der Waals surface area contributed by atoms with Crippen LogP contribution in [-0.2, 0) is 9.53 Å². The first-order chi connectivity index (χ1) is 7.93. The highest BCUT2D eigenvalue weighted by Crippen LogP contribution is 2.25. The van der Waals surface area contributed by atoms with Crippen LogP contribution in [0.3, 0.4) is 0 Å². The second-order valence-corrected chi connectivity index (χ2v) is 5.85. The molecule has 0 spiro atoms. The van der Waals surface area contributed by atoms with Crippen LogP contribution in [0.5, 0.6) is 0 Å². The molecule has 1 saturated carbocycles. The monoisotopic (exact) mass is 242 g/mol. The lowest BCUT2D eigenvalue weighted by atomic mass is 9.84. The summed E-state index contributed by atoms with van der Waals surface area (Å²) in [5.41, 5.74) is 5.57. The smallest absolute Gasteiger partial charge is 0.220 e. The molecule has 4 nitrogen and oxygen atoms in total. The molecule has 0 aromatic carbocycles. The highest BCUT2D eigenvalue weighted by atomic mass is 16.5. The van der Waals surface area contributed by atoms with Crippen molar-refractivity contribution in [2.24, 2.45) is 11.7 Å². The Labute approximate surface area is 104 Å². The molecule has 17 heavy (non-hydrogen) atoms. The van der Waals surface area contributed by atoms with E-state index < -0.39 is 0 Å². The summed E-state index contributed by atoms with van der Waals surface area (Å²) in [5.74, 6) is 0.640. The topological polar surface area (TPSA) is 64.3 Å². The third-order valence-electron chi connectivity index (χ3n) is 3.35. The number of carbonyl (C=O) groups is 1. The van der Waals surface area contributed by atoms with Gasteiger partial charge in [-0.3, -0.25) is 4.79 Å². The van der Waals surface area contributed by atoms with E-state index in [-0.39, 0.29) is 11.4 Å². The standard InChI is InChI=1S/C13H26N2O2/c1-13(2,9-17-3)15-12(16)8-10-4-6-11(14)7-5-10/h10-11H,4-9,14H2,1-3H3,(H,15,16). The van der Waals surface area contributed by atoms with Crippen LogP contribution in [0.15, 0.2) is 0 Å². The van der Waals surface area contributed by atoms with Crippen LogP contribution >= 0.6 is 0 Å². The lowest BCUT2D eigenvalue weighted by Gasteiger charge is -2.29. The van der Waals surface area contributed by atoms with Crippen molar-refractivity contribution in [2.75, 3.05) is 13.7 Å². The number of carbonyl (C=O) groups excluding carboxylic acids is 1. The van der Waals surface area contributed by atoms with Crippen LogP contribution in [0, 0.1) is 5.92 Å². The maximum atomic E-state index is 11.9. The zero-order chi connectivity index (χ0) is 12.9. The van der Waals surface area contributed by atoms with Gasteiger partial charge in [-0.25, -0.2) is 0 Å². The number of rotatable bonds is 5. The van der Waals surface area contributed by atoms with Gasteiger partial charge < -0.3 is 15.8 Å². The van der Waals surface area contributed by atoms with Gasteiger partial charge in [-0.05, 0) is 45.4 Å². The van der Waals surface area contributed by atoms with E-state index in [0.717, 1.165) is 25.7 Å². The van der Waals surface area contributed by atoms with Gasteiger partial charge in [-0.15, -0.1) is 0 Å². The van der Waals surface area contributed by atoms with Gasteiger partial charge in [0.1, 0.15) is 0 Å². The van der Waals surface area contributed by atoms with E-state index in [2.05, 4.69) is 5.32 Å². The van der Waals surface area contributed by atoms with Crippen molar-refractivity contribution in [3.05, 3.63) is 0 Å². The molecule has 0 radical (unpaired) electrons. The van der Waals surface area contributed by atoms with Crippen LogP contribution in [-0.4, -0.2) is 31.2 Å². The molecule has 0 aliphatic heterocycles. The van der Waals surface area contributed by atoms with E-state index in [4.69, 9.17) is 10.5 Å². The minimum atomic E-state index is -0.281. The van der Waals surface area contributed by atoms with Crippen LogP contribution in [0.2, 0.25) is 0 Å². The summed E-state index contributed by atoms with van der Waals surface area (Å²) in [6, 6.07) is 0.347. The highest BCUT2D eigenvalue weighted by molar-refractivity contribution is 5.77. The Balaban J connectivity index is 2.29. The Morgan fingerprint density at radius 2 is 1.94 bits per heavy atom. The summed E-state index contributed by atoms with van der Waals surface area (Å²) in [7, 11) is 1.65. The van der Waals surface area contributed by atoms with E-state index in [9.17, 15) is 4.79 Å². The van der Waals surface area contributed by atoms with Gasteiger partial charge in [-0.2, -0.15) is 0 Å². The number of hydrogen-bond donors (Lipinski definition) is 2. The van der Waals surface area contributed by atoms with E-state index >= 15 is 0 Å². The number of ether oxygens (including phenoxy) is 1. The Hall–Kier alpha value is -0.610. The Morgan fingerprint density at radius 1 is 1.35 bits per heavy atom. The maximum absolute atomic E-state index is 11.9. The van der Waals surface area contributed by atoms with Crippen molar-refractivity contribution in [2.45, 2.75) is 57.5 Å². The highest BCUT2D eigenvalue weighted by Gasteiger charge is 2.24. The molecule has 3 N–H and O–H groups in total. The Bertz CT molecular complexity index is 246. The number of hydrogen-bond acceptors (Lipinski definition) is 3. The third-order valence-corrected chi connectivity index (χ3v) is 3.35. The molecule has 100 valence electrons. The molecule has 0 aromatic rings. The molecule has 0 heterocycles. The molecule has 1 amide bonds. The van der Waals surface area contributed by atoms with Gasteiger partial charge in [-0.1, -0.05) is 0 Å². The van der Waals surface area contributed by atoms with Crippen LogP contribution in [0.25, 0.3) is 0 Å². The molecule has 4 heteroatoms. The van der Waals surface area contributed by atoms with Gasteiger partial charge >= 0.3 is 0 Å². The van der Waals surface area contributed by atoms with Crippen molar-refractivity contribution in [3.8, 4) is 0 Å². The number of nitrogens with two attached hydrogens (primary N) is 1. The van der Waals surface area contributed by atoms with E-state index in [0.29, 0.717) is 25.0 Å². The van der Waals surface area contributed by atoms with Crippen LogP contribution in [0.1, 0.15) is 46.0 Å². The lowest BCUT2D eigenvalue weighted by Crippen LogP contribution is -2.47. The normalized spacial score (nSPS) is 25.6. The number of methoxy groups -OCH3 is 1. The second kappa shape index (κ2) is 6.36. The molecule has 0 aromatic heterocycles. The van der Waals surface area contributed by atoms with Crippen molar-refractivity contribution < 1.29 is 9.53 Å². The molecule has 1 aliphatic rings. The molecule has 1 fully saturated rings. The fourth-order valence-corrected chi connectivity index (χ4v) is 2.48. The lowest BCUT2D eigenvalue weighted by molar-refractivity contribution is -0.124. The fraction of sp³-hybridized carbons (Fsp3) is 0.923. The first kappa shape index (κ1) is 14.5. The average Bonchev–Trinajstić information content (AvgIpc) is 2.20. The molecular weight excluding hydrogens is 216 g/mol. The van der Waals surface area contributed by atoms with Gasteiger partial charge in [0.2, 0.25) is 5.91 Å². The van der Waals surface area contributed by atoms with E-state index in [1.165, 1.54) is 0 Å². The first-order valence-corrected chi connectivity index (χ1v) is 6.48. The molecule has 1 aliphatic carbocycles. The summed E-state index contributed by atoms with van der Waals surface area (Å²) in [4.78, 5) is 11.9.